The van der Waals surface area contributed by atoms with E-state index in [1.54, 1.807) is 0 Å². The molecule has 0 aromatic carbocycles. The maximum Gasteiger partial charge on any atom is 0.129 e. The number of piperidine rings is 1. The first-order valence-corrected chi connectivity index (χ1v) is 6.69. The number of carbonyl (C=O) groups is 1. The normalized spacial score (nSPS) is 35.7. The van der Waals surface area contributed by atoms with Crippen molar-refractivity contribution >= 4 is 6.29 Å². The Morgan fingerprint density at radius 2 is 2.29 bits per heavy atom. The molecule has 0 aliphatic carbocycles. The van der Waals surface area contributed by atoms with Crippen LogP contribution in [0.4, 0.5) is 0 Å². The zero-order valence-corrected chi connectivity index (χ0v) is 10.4. The predicted molar refractivity (Wildman–Crippen MR) is 64.8 cm³/mol. The second-order valence-electron chi connectivity index (χ2n) is 5.44. The molecule has 0 radical (unpaired) electrons. The van der Waals surface area contributed by atoms with E-state index in [0.29, 0.717) is 6.61 Å². The fourth-order valence-electron chi connectivity index (χ4n) is 3.01. The van der Waals surface area contributed by atoms with Crippen LogP contribution >= 0.6 is 0 Å². The van der Waals surface area contributed by atoms with Crippen molar-refractivity contribution < 1.29 is 14.6 Å². The minimum atomic E-state index is -0.330. The molecule has 2 unspecified atom stereocenters. The number of nitrogens with zero attached hydrogens (tertiary/aromatic N) is 1. The molecule has 2 heterocycles. The number of rotatable bonds is 4. The van der Waals surface area contributed by atoms with Crippen molar-refractivity contribution in [2.45, 2.75) is 38.1 Å². The van der Waals surface area contributed by atoms with Crippen molar-refractivity contribution in [1.82, 2.24) is 4.90 Å². The van der Waals surface area contributed by atoms with Gasteiger partial charge in [-0.3, -0.25) is 4.90 Å². The van der Waals surface area contributed by atoms with Crippen molar-refractivity contribution in [3.8, 4) is 0 Å². The van der Waals surface area contributed by atoms with Crippen molar-refractivity contribution in [3.63, 3.8) is 0 Å². The molecule has 4 heteroatoms. The fourth-order valence-corrected chi connectivity index (χ4v) is 3.01. The van der Waals surface area contributed by atoms with E-state index in [4.69, 9.17) is 4.74 Å². The van der Waals surface area contributed by atoms with Crippen LogP contribution in [-0.4, -0.2) is 55.2 Å². The van der Waals surface area contributed by atoms with Crippen molar-refractivity contribution in [2.75, 3.05) is 32.9 Å². The Bertz CT molecular complexity index is 251. The Kier molecular flexibility index (Phi) is 4.54. The minimum Gasteiger partial charge on any atom is -0.395 e. The van der Waals surface area contributed by atoms with Crippen LogP contribution in [0.2, 0.25) is 0 Å². The summed E-state index contributed by atoms with van der Waals surface area (Å²) in [6, 6.07) is 0.238. The fraction of sp³-hybridized carbons (Fsp3) is 0.923. The minimum absolute atomic E-state index is 0.204. The van der Waals surface area contributed by atoms with Crippen LogP contribution in [0, 0.1) is 5.41 Å². The molecule has 4 nitrogen and oxygen atoms in total. The predicted octanol–water partition coefficient (Wildman–Crippen LogP) is 0.829. The molecule has 0 aromatic heterocycles. The lowest BCUT2D eigenvalue weighted by Crippen LogP contribution is -2.50. The van der Waals surface area contributed by atoms with E-state index in [-0.39, 0.29) is 18.1 Å². The molecule has 0 aromatic rings. The lowest BCUT2D eigenvalue weighted by atomic mass is 9.82. The third kappa shape index (κ3) is 3.06. The Morgan fingerprint density at radius 1 is 1.41 bits per heavy atom. The molecule has 2 aliphatic rings. The molecule has 2 fully saturated rings. The van der Waals surface area contributed by atoms with Crippen LogP contribution in [0.25, 0.3) is 0 Å². The molecule has 0 spiro atoms. The summed E-state index contributed by atoms with van der Waals surface area (Å²) in [7, 11) is 0. The Labute approximate surface area is 103 Å². The van der Waals surface area contributed by atoms with Gasteiger partial charge in [0.1, 0.15) is 6.29 Å². The zero-order chi connectivity index (χ0) is 12.1. The van der Waals surface area contributed by atoms with Gasteiger partial charge in [-0.15, -0.1) is 0 Å². The number of carbonyl (C=O) groups excluding carboxylic acids is 1. The Hall–Kier alpha value is -0.450. The molecule has 2 rings (SSSR count). The third-order valence-corrected chi connectivity index (χ3v) is 4.08. The highest BCUT2D eigenvalue weighted by molar-refractivity contribution is 5.60. The average Bonchev–Trinajstić information content (AvgIpc) is 2.40. The van der Waals surface area contributed by atoms with Crippen LogP contribution in [0.3, 0.4) is 0 Å². The van der Waals surface area contributed by atoms with E-state index in [2.05, 4.69) is 4.90 Å². The second kappa shape index (κ2) is 5.94. The first kappa shape index (κ1) is 13.0. The first-order chi connectivity index (χ1) is 8.29. The quantitative estimate of drug-likeness (QED) is 0.741. The van der Waals surface area contributed by atoms with Crippen molar-refractivity contribution in [1.29, 1.82) is 0 Å². The summed E-state index contributed by atoms with van der Waals surface area (Å²) in [6.45, 7) is 3.28. The Morgan fingerprint density at radius 3 is 2.94 bits per heavy atom. The second-order valence-corrected chi connectivity index (χ2v) is 5.44. The highest BCUT2D eigenvalue weighted by Gasteiger charge is 2.36. The van der Waals surface area contributed by atoms with Gasteiger partial charge in [-0.25, -0.2) is 0 Å². The largest absolute Gasteiger partial charge is 0.395 e. The molecular formula is C13H23NO3. The van der Waals surface area contributed by atoms with Gasteiger partial charge in [0.15, 0.2) is 0 Å². The highest BCUT2D eigenvalue weighted by atomic mass is 16.5. The van der Waals surface area contributed by atoms with E-state index in [1.807, 2.05) is 0 Å². The molecule has 0 saturated carbocycles. The number of likely N-dealkylation sites (tertiary alicyclic amines) is 1. The number of aldehydes is 1. The topological polar surface area (TPSA) is 49.8 Å². The molecule has 2 aliphatic heterocycles. The summed E-state index contributed by atoms with van der Waals surface area (Å²) in [5, 5.41) is 9.39. The summed E-state index contributed by atoms with van der Waals surface area (Å²) in [4.78, 5) is 13.7. The molecule has 0 bridgehead atoms. The van der Waals surface area contributed by atoms with Crippen molar-refractivity contribution in [3.05, 3.63) is 0 Å². The smallest absolute Gasteiger partial charge is 0.129 e. The monoisotopic (exact) mass is 241 g/mol. The molecule has 98 valence electrons. The first-order valence-electron chi connectivity index (χ1n) is 6.69. The number of hydrogen-bond donors (Lipinski definition) is 1. The van der Waals surface area contributed by atoms with Gasteiger partial charge in [0.05, 0.1) is 18.6 Å². The summed E-state index contributed by atoms with van der Waals surface area (Å²) >= 11 is 0. The Balaban J connectivity index is 1.98. The molecule has 1 N–H and O–H groups in total. The van der Waals surface area contributed by atoms with Crippen molar-refractivity contribution in [2.24, 2.45) is 5.41 Å². The number of ether oxygens (including phenoxy) is 1. The molecule has 2 saturated heterocycles. The maximum atomic E-state index is 11.4. The van der Waals surface area contributed by atoms with Gasteiger partial charge in [0.2, 0.25) is 0 Å². The maximum absolute atomic E-state index is 11.4. The average molecular weight is 241 g/mol. The van der Waals surface area contributed by atoms with Gasteiger partial charge < -0.3 is 14.6 Å². The van der Waals surface area contributed by atoms with Gasteiger partial charge in [0.25, 0.3) is 0 Å². The lowest BCUT2D eigenvalue weighted by Gasteiger charge is -2.41. The van der Waals surface area contributed by atoms with Crippen LogP contribution in [0.5, 0.6) is 0 Å². The zero-order valence-electron chi connectivity index (χ0n) is 10.4. The van der Waals surface area contributed by atoms with Crippen LogP contribution < -0.4 is 0 Å². The molecule has 17 heavy (non-hydrogen) atoms. The standard InChI is InChI=1S/C13H23NO3/c15-8-12-4-1-2-6-14(12)9-13(10-16)5-3-7-17-11-13/h10,12,15H,1-9,11H2. The van der Waals surface area contributed by atoms with Gasteiger partial charge in [-0.2, -0.15) is 0 Å². The summed E-state index contributed by atoms with van der Waals surface area (Å²) in [5.74, 6) is 0. The third-order valence-electron chi connectivity index (χ3n) is 4.08. The number of hydrogen-bond acceptors (Lipinski definition) is 4. The van der Waals surface area contributed by atoms with Crippen LogP contribution in [0.15, 0.2) is 0 Å². The van der Waals surface area contributed by atoms with Gasteiger partial charge >= 0.3 is 0 Å². The number of aliphatic hydroxyl groups is 1. The molecule has 0 amide bonds. The van der Waals surface area contributed by atoms with E-state index in [0.717, 1.165) is 45.2 Å². The summed E-state index contributed by atoms with van der Waals surface area (Å²) < 4.78 is 5.47. The van der Waals surface area contributed by atoms with Crippen LogP contribution in [0.1, 0.15) is 32.1 Å². The van der Waals surface area contributed by atoms with E-state index in [9.17, 15) is 9.90 Å². The number of aliphatic hydroxyl groups excluding tert-OH is 1. The lowest BCUT2D eigenvalue weighted by molar-refractivity contribution is -0.127. The highest BCUT2D eigenvalue weighted by Crippen LogP contribution is 2.30. The van der Waals surface area contributed by atoms with E-state index in [1.165, 1.54) is 12.8 Å². The SMILES string of the molecule is O=CC1(CN2CCCCC2CO)CCCOC1. The van der Waals surface area contributed by atoms with E-state index < -0.39 is 0 Å². The van der Waals surface area contributed by atoms with Gasteiger partial charge in [-0.05, 0) is 32.2 Å². The molecule has 2 atom stereocenters. The van der Waals surface area contributed by atoms with Gasteiger partial charge in [0, 0.05) is 19.2 Å². The van der Waals surface area contributed by atoms with E-state index >= 15 is 0 Å². The molecular weight excluding hydrogens is 218 g/mol. The summed E-state index contributed by atoms with van der Waals surface area (Å²) in [5.41, 5.74) is -0.330. The van der Waals surface area contributed by atoms with Gasteiger partial charge in [-0.1, -0.05) is 6.42 Å². The summed E-state index contributed by atoms with van der Waals surface area (Å²) in [6.07, 6.45) is 6.38. The van der Waals surface area contributed by atoms with Crippen LogP contribution in [-0.2, 0) is 9.53 Å².